The average Bonchev–Trinajstić information content (AvgIpc) is 3.48. The highest BCUT2D eigenvalue weighted by Crippen LogP contribution is 2.40. The Labute approximate surface area is 186 Å². The molecule has 0 saturated carbocycles. The number of likely N-dealkylation sites (tertiary alicyclic amines) is 1. The summed E-state index contributed by atoms with van der Waals surface area (Å²) in [4.78, 5) is 19.8. The number of benzene rings is 1. The molecule has 1 aromatic carbocycles. The summed E-state index contributed by atoms with van der Waals surface area (Å²) in [6.45, 7) is 4.60. The summed E-state index contributed by atoms with van der Waals surface area (Å²) in [5, 5.41) is 4.16. The molecule has 0 unspecified atom stereocenters. The topological polar surface area (TPSA) is 90.1 Å². The van der Waals surface area contributed by atoms with Crippen molar-refractivity contribution in [2.24, 2.45) is 0 Å². The van der Waals surface area contributed by atoms with Gasteiger partial charge in [-0.1, -0.05) is 23.4 Å². The van der Waals surface area contributed by atoms with E-state index in [1.807, 2.05) is 18.3 Å². The fraction of sp³-hybridized carbons (Fsp3) is 0.292. The van der Waals surface area contributed by atoms with Crippen LogP contribution in [0.1, 0.15) is 34.4 Å². The molecule has 1 fully saturated rings. The number of hydrogen-bond donors (Lipinski definition) is 0. The molecule has 0 spiro atoms. The Morgan fingerprint density at radius 1 is 1.06 bits per heavy atom. The van der Waals surface area contributed by atoms with Crippen molar-refractivity contribution in [3.8, 4) is 17.3 Å². The third kappa shape index (κ3) is 4.09. The summed E-state index contributed by atoms with van der Waals surface area (Å²) < 4.78 is 11.1. The zero-order valence-electron chi connectivity index (χ0n) is 18.0. The lowest BCUT2D eigenvalue weighted by molar-refractivity contribution is 0.309. The molecule has 162 valence electrons. The molecule has 1 aliphatic rings. The summed E-state index contributed by atoms with van der Waals surface area (Å²) in [5.41, 5.74) is 4.16. The molecule has 5 rings (SSSR count). The van der Waals surface area contributed by atoms with Crippen LogP contribution in [0.3, 0.4) is 0 Å². The van der Waals surface area contributed by atoms with E-state index in [1.165, 1.54) is 11.1 Å². The van der Waals surface area contributed by atoms with Crippen molar-refractivity contribution in [3.63, 3.8) is 0 Å². The summed E-state index contributed by atoms with van der Waals surface area (Å²) in [6.07, 6.45) is 8.61. The Bertz CT molecular complexity index is 1180. The van der Waals surface area contributed by atoms with Crippen LogP contribution in [0.2, 0.25) is 0 Å². The van der Waals surface area contributed by atoms with E-state index in [9.17, 15) is 0 Å². The Hall–Kier alpha value is -3.65. The number of hydrogen-bond acceptors (Lipinski definition) is 8. The SMILES string of the molecule is COc1ccc(CN2C[C@@H](c3cccnc3)[C@H](c3nc(-c4cnccn4)no3)C2)cc1C. The van der Waals surface area contributed by atoms with E-state index in [2.05, 4.69) is 55.1 Å². The quantitative estimate of drug-likeness (QED) is 0.460. The van der Waals surface area contributed by atoms with Crippen molar-refractivity contribution in [2.45, 2.75) is 25.3 Å². The number of ether oxygens (including phenoxy) is 1. The molecule has 0 N–H and O–H groups in total. The molecule has 4 aromatic rings. The van der Waals surface area contributed by atoms with E-state index in [1.54, 1.807) is 31.9 Å². The van der Waals surface area contributed by atoms with Gasteiger partial charge in [0.25, 0.3) is 0 Å². The van der Waals surface area contributed by atoms with Crippen LogP contribution in [0.5, 0.6) is 5.75 Å². The van der Waals surface area contributed by atoms with Crippen LogP contribution in [0.4, 0.5) is 0 Å². The average molecular weight is 428 g/mol. The monoisotopic (exact) mass is 428 g/mol. The van der Waals surface area contributed by atoms with Gasteiger partial charge in [-0.3, -0.25) is 14.9 Å². The Kier molecular flexibility index (Phi) is 5.60. The fourth-order valence-corrected chi connectivity index (χ4v) is 4.40. The molecular weight excluding hydrogens is 404 g/mol. The lowest BCUT2D eigenvalue weighted by Crippen LogP contribution is -2.20. The van der Waals surface area contributed by atoms with Crippen LogP contribution in [-0.2, 0) is 6.54 Å². The van der Waals surface area contributed by atoms with E-state index in [0.29, 0.717) is 17.4 Å². The first-order valence-electron chi connectivity index (χ1n) is 10.6. The third-order valence-corrected chi connectivity index (χ3v) is 5.92. The normalized spacial score (nSPS) is 18.7. The molecule has 4 heterocycles. The summed E-state index contributed by atoms with van der Waals surface area (Å²) in [6, 6.07) is 10.4. The van der Waals surface area contributed by atoms with Gasteiger partial charge in [-0.15, -0.1) is 0 Å². The van der Waals surface area contributed by atoms with E-state index >= 15 is 0 Å². The van der Waals surface area contributed by atoms with Crippen LogP contribution in [0.25, 0.3) is 11.5 Å². The highest BCUT2D eigenvalue weighted by molar-refractivity contribution is 5.45. The van der Waals surface area contributed by atoms with Crippen molar-refractivity contribution in [3.05, 3.63) is 83.9 Å². The standard InChI is InChI=1S/C24H24N6O2/c1-16-10-17(5-6-22(16)31-2)13-30-14-19(18-4-3-7-25-11-18)20(15-30)24-28-23(29-32-24)21-12-26-8-9-27-21/h3-12,19-20H,13-15H2,1-2H3/t19-,20+/m0/s1. The maximum Gasteiger partial charge on any atom is 0.232 e. The molecule has 0 bridgehead atoms. The predicted molar refractivity (Wildman–Crippen MR) is 118 cm³/mol. The van der Waals surface area contributed by atoms with Gasteiger partial charge in [0, 0.05) is 50.3 Å². The molecule has 1 saturated heterocycles. The molecule has 0 radical (unpaired) electrons. The first kappa shape index (κ1) is 20.3. The highest BCUT2D eigenvalue weighted by atomic mass is 16.5. The van der Waals surface area contributed by atoms with Gasteiger partial charge in [0.2, 0.25) is 11.7 Å². The second-order valence-electron chi connectivity index (χ2n) is 8.04. The molecule has 0 amide bonds. The Balaban J connectivity index is 1.41. The van der Waals surface area contributed by atoms with Gasteiger partial charge in [0.15, 0.2) is 0 Å². The lowest BCUT2D eigenvalue weighted by atomic mass is 9.90. The molecule has 1 aliphatic heterocycles. The summed E-state index contributed by atoms with van der Waals surface area (Å²) >= 11 is 0. The third-order valence-electron chi connectivity index (χ3n) is 5.92. The number of methoxy groups -OCH3 is 1. The molecule has 3 aromatic heterocycles. The van der Waals surface area contributed by atoms with Crippen molar-refractivity contribution in [2.75, 3.05) is 20.2 Å². The predicted octanol–water partition coefficient (Wildman–Crippen LogP) is 3.62. The number of rotatable bonds is 6. The molecule has 32 heavy (non-hydrogen) atoms. The fourth-order valence-electron chi connectivity index (χ4n) is 4.40. The van der Waals surface area contributed by atoms with Crippen LogP contribution in [0, 0.1) is 6.92 Å². The van der Waals surface area contributed by atoms with Gasteiger partial charge in [-0.2, -0.15) is 4.98 Å². The Morgan fingerprint density at radius 3 is 2.69 bits per heavy atom. The van der Waals surface area contributed by atoms with Crippen LogP contribution < -0.4 is 4.74 Å². The highest BCUT2D eigenvalue weighted by Gasteiger charge is 2.38. The number of nitrogens with zero attached hydrogens (tertiary/aromatic N) is 6. The van der Waals surface area contributed by atoms with E-state index in [-0.39, 0.29) is 11.8 Å². The van der Waals surface area contributed by atoms with Gasteiger partial charge in [-0.05, 0) is 35.7 Å². The maximum absolute atomic E-state index is 5.71. The first-order chi connectivity index (χ1) is 15.7. The summed E-state index contributed by atoms with van der Waals surface area (Å²) in [5.74, 6) is 2.26. The minimum Gasteiger partial charge on any atom is -0.496 e. The zero-order chi connectivity index (χ0) is 21.9. The van der Waals surface area contributed by atoms with E-state index < -0.39 is 0 Å². The van der Waals surface area contributed by atoms with Crippen molar-refractivity contribution < 1.29 is 9.26 Å². The van der Waals surface area contributed by atoms with E-state index in [0.717, 1.165) is 30.9 Å². The van der Waals surface area contributed by atoms with Gasteiger partial charge in [0.1, 0.15) is 11.4 Å². The van der Waals surface area contributed by atoms with Gasteiger partial charge in [0.05, 0.1) is 19.2 Å². The van der Waals surface area contributed by atoms with Crippen LogP contribution in [-0.4, -0.2) is 50.2 Å². The lowest BCUT2D eigenvalue weighted by Gasteiger charge is -2.17. The van der Waals surface area contributed by atoms with Crippen molar-refractivity contribution >= 4 is 0 Å². The molecule has 0 aliphatic carbocycles. The molecule has 8 nitrogen and oxygen atoms in total. The smallest absolute Gasteiger partial charge is 0.232 e. The second-order valence-corrected chi connectivity index (χ2v) is 8.04. The van der Waals surface area contributed by atoms with Crippen molar-refractivity contribution in [1.29, 1.82) is 0 Å². The van der Waals surface area contributed by atoms with Gasteiger partial charge < -0.3 is 9.26 Å². The number of aromatic nitrogens is 5. The van der Waals surface area contributed by atoms with E-state index in [4.69, 9.17) is 9.26 Å². The minimum atomic E-state index is 0.0662. The van der Waals surface area contributed by atoms with Crippen LogP contribution >= 0.6 is 0 Å². The molecular formula is C24H24N6O2. The van der Waals surface area contributed by atoms with Gasteiger partial charge in [-0.25, -0.2) is 4.98 Å². The van der Waals surface area contributed by atoms with Crippen molar-refractivity contribution in [1.82, 2.24) is 30.0 Å². The van der Waals surface area contributed by atoms with Gasteiger partial charge >= 0.3 is 0 Å². The number of aryl methyl sites for hydroxylation is 1. The molecule has 8 heteroatoms. The Morgan fingerprint density at radius 2 is 1.94 bits per heavy atom. The number of pyridine rings is 1. The minimum absolute atomic E-state index is 0.0662. The summed E-state index contributed by atoms with van der Waals surface area (Å²) in [7, 11) is 1.70. The largest absolute Gasteiger partial charge is 0.496 e. The first-order valence-corrected chi connectivity index (χ1v) is 10.6. The zero-order valence-corrected chi connectivity index (χ0v) is 18.0. The molecule has 2 atom stereocenters. The van der Waals surface area contributed by atoms with Crippen LogP contribution in [0.15, 0.2) is 65.8 Å². The maximum atomic E-state index is 5.71. The second kappa shape index (κ2) is 8.84.